The van der Waals surface area contributed by atoms with Crippen LogP contribution in [0.4, 0.5) is 0 Å². The lowest BCUT2D eigenvalue weighted by molar-refractivity contribution is 0.101. The molecular formula is C30H45NO. The number of carbonyl (C=O) groups excluding carboxylic acids is 1. The number of nitrogens with one attached hydrogen (secondary N) is 1. The molecule has 0 fully saturated rings. The number of benzene rings is 1. The molecule has 0 radical (unpaired) electrons. The highest BCUT2D eigenvalue weighted by molar-refractivity contribution is 5.94. The maximum absolute atomic E-state index is 11.8. The standard InChI is InChI=1S/C25H31NO.C3H8.C2H6/c1-10-16(6)25-23(15(4)5)24(22(14(2)3)18(8)26-25)21-12-11-20(19(9)27)13-17(21)7;1-3-2;1-2/h10-13,24,26H,2,4H2,1,3,5-9H3;3H2,1-2H3;1-2H3/b16-10-;;. The van der Waals surface area contributed by atoms with E-state index in [1.165, 1.54) is 28.7 Å². The Kier molecular flexibility index (Phi) is 12.6. The smallest absolute Gasteiger partial charge is 0.159 e. The van der Waals surface area contributed by atoms with Crippen molar-refractivity contribution in [2.24, 2.45) is 0 Å². The summed E-state index contributed by atoms with van der Waals surface area (Å²) >= 11 is 0. The predicted molar refractivity (Wildman–Crippen MR) is 143 cm³/mol. The van der Waals surface area contributed by atoms with Crippen molar-refractivity contribution in [2.75, 3.05) is 0 Å². The fraction of sp³-hybridized carbons (Fsp3) is 0.433. The van der Waals surface area contributed by atoms with Crippen LogP contribution in [-0.4, -0.2) is 5.78 Å². The second kappa shape index (κ2) is 13.7. The normalized spacial score (nSPS) is 15.7. The molecule has 0 saturated heterocycles. The lowest BCUT2D eigenvalue weighted by Gasteiger charge is -2.35. The summed E-state index contributed by atoms with van der Waals surface area (Å²) in [5, 5.41) is 3.59. The van der Waals surface area contributed by atoms with Crippen LogP contribution in [0, 0.1) is 6.92 Å². The van der Waals surface area contributed by atoms with Gasteiger partial charge in [-0.1, -0.05) is 76.6 Å². The van der Waals surface area contributed by atoms with Gasteiger partial charge in [-0.2, -0.15) is 0 Å². The van der Waals surface area contributed by atoms with Gasteiger partial charge in [0.05, 0.1) is 0 Å². The predicted octanol–water partition coefficient (Wildman–Crippen LogP) is 8.97. The van der Waals surface area contributed by atoms with Crippen LogP contribution >= 0.6 is 0 Å². The second-order valence-corrected chi connectivity index (χ2v) is 8.25. The molecule has 2 rings (SSSR count). The Bertz CT molecular complexity index is 938. The quantitative estimate of drug-likeness (QED) is 0.467. The van der Waals surface area contributed by atoms with Crippen molar-refractivity contribution >= 4 is 5.78 Å². The fourth-order valence-corrected chi connectivity index (χ4v) is 3.84. The molecule has 1 atom stereocenters. The Morgan fingerprint density at radius 2 is 1.50 bits per heavy atom. The number of ketones is 1. The summed E-state index contributed by atoms with van der Waals surface area (Å²) in [5.41, 5.74) is 10.9. The lowest BCUT2D eigenvalue weighted by Crippen LogP contribution is -2.27. The minimum Gasteiger partial charge on any atom is -0.358 e. The van der Waals surface area contributed by atoms with E-state index in [-0.39, 0.29) is 11.7 Å². The molecule has 0 bridgehead atoms. The van der Waals surface area contributed by atoms with E-state index in [1.54, 1.807) is 6.92 Å². The SMILES string of the molecule is C=C(C)C1=C(C)NC(/C(C)=C\C)=C(C(=C)C)C1c1ccc(C(C)=O)cc1C.CC.CCC. The molecule has 0 spiro atoms. The van der Waals surface area contributed by atoms with E-state index in [4.69, 9.17) is 0 Å². The lowest BCUT2D eigenvalue weighted by atomic mass is 9.73. The number of carbonyl (C=O) groups is 1. The van der Waals surface area contributed by atoms with E-state index >= 15 is 0 Å². The summed E-state index contributed by atoms with van der Waals surface area (Å²) in [7, 11) is 0. The summed E-state index contributed by atoms with van der Waals surface area (Å²) in [4.78, 5) is 11.8. The van der Waals surface area contributed by atoms with Gasteiger partial charge in [0.2, 0.25) is 0 Å². The number of hydrogen-bond acceptors (Lipinski definition) is 2. The zero-order valence-corrected chi connectivity index (χ0v) is 22.4. The molecule has 1 aromatic carbocycles. The van der Waals surface area contributed by atoms with Gasteiger partial charge in [0, 0.05) is 22.9 Å². The highest BCUT2D eigenvalue weighted by atomic mass is 16.1. The molecule has 2 heteroatoms. The minimum atomic E-state index is 0.0483. The van der Waals surface area contributed by atoms with Gasteiger partial charge in [-0.3, -0.25) is 4.79 Å². The molecule has 2 nitrogen and oxygen atoms in total. The summed E-state index contributed by atoms with van der Waals surface area (Å²) in [5.74, 6) is 0.134. The molecule has 0 aromatic heterocycles. The number of rotatable bonds is 5. The van der Waals surface area contributed by atoms with Crippen LogP contribution in [-0.2, 0) is 0 Å². The van der Waals surface area contributed by atoms with E-state index in [2.05, 4.69) is 86.0 Å². The van der Waals surface area contributed by atoms with Crippen molar-refractivity contribution in [3.05, 3.63) is 93.4 Å². The Morgan fingerprint density at radius 1 is 1.00 bits per heavy atom. The van der Waals surface area contributed by atoms with Crippen molar-refractivity contribution in [3.63, 3.8) is 0 Å². The van der Waals surface area contributed by atoms with Crippen LogP contribution in [0.5, 0.6) is 0 Å². The van der Waals surface area contributed by atoms with Gasteiger partial charge < -0.3 is 5.32 Å². The van der Waals surface area contributed by atoms with Gasteiger partial charge in [-0.25, -0.2) is 0 Å². The largest absolute Gasteiger partial charge is 0.358 e. The van der Waals surface area contributed by atoms with E-state index in [9.17, 15) is 4.79 Å². The van der Waals surface area contributed by atoms with Crippen LogP contribution in [0.3, 0.4) is 0 Å². The van der Waals surface area contributed by atoms with Crippen molar-refractivity contribution in [2.45, 2.75) is 88.5 Å². The van der Waals surface area contributed by atoms with Crippen LogP contribution in [0.1, 0.15) is 103 Å². The molecule has 1 heterocycles. The van der Waals surface area contributed by atoms with E-state index in [0.717, 1.165) is 33.7 Å². The second-order valence-electron chi connectivity index (χ2n) is 8.25. The molecule has 1 aliphatic heterocycles. The molecule has 1 aliphatic rings. The fourth-order valence-electron chi connectivity index (χ4n) is 3.84. The Balaban J connectivity index is 0.00000177. The van der Waals surface area contributed by atoms with E-state index < -0.39 is 0 Å². The first-order chi connectivity index (χ1) is 15.0. The maximum atomic E-state index is 11.8. The molecule has 1 unspecified atom stereocenters. The molecule has 1 aromatic rings. The monoisotopic (exact) mass is 435 g/mol. The number of hydrogen-bond donors (Lipinski definition) is 1. The van der Waals surface area contributed by atoms with Gasteiger partial charge in [0.15, 0.2) is 5.78 Å². The van der Waals surface area contributed by atoms with Crippen LogP contribution < -0.4 is 5.32 Å². The number of dihydropyridines is 1. The van der Waals surface area contributed by atoms with Gasteiger partial charge >= 0.3 is 0 Å². The minimum absolute atomic E-state index is 0.0483. The van der Waals surface area contributed by atoms with Crippen LogP contribution in [0.15, 0.2) is 76.7 Å². The summed E-state index contributed by atoms with van der Waals surface area (Å²) < 4.78 is 0. The van der Waals surface area contributed by atoms with Crippen LogP contribution in [0.25, 0.3) is 0 Å². The van der Waals surface area contributed by atoms with Crippen molar-refractivity contribution in [1.29, 1.82) is 0 Å². The summed E-state index contributed by atoms with van der Waals surface area (Å²) in [6.07, 6.45) is 3.37. The van der Waals surface area contributed by atoms with Crippen molar-refractivity contribution in [1.82, 2.24) is 5.32 Å². The molecule has 1 N–H and O–H groups in total. The highest BCUT2D eigenvalue weighted by Gasteiger charge is 2.32. The average molecular weight is 436 g/mol. The van der Waals surface area contributed by atoms with Crippen molar-refractivity contribution in [3.8, 4) is 0 Å². The molecular weight excluding hydrogens is 390 g/mol. The average Bonchev–Trinajstić information content (AvgIpc) is 2.73. The van der Waals surface area contributed by atoms with Gasteiger partial charge in [-0.15, -0.1) is 0 Å². The van der Waals surface area contributed by atoms with Gasteiger partial charge in [0.1, 0.15) is 0 Å². The molecule has 32 heavy (non-hydrogen) atoms. The van der Waals surface area contributed by atoms with E-state index in [0.29, 0.717) is 0 Å². The Labute approximate surface area is 197 Å². The first kappa shape index (κ1) is 29.4. The van der Waals surface area contributed by atoms with Gasteiger partial charge in [-0.05, 0) is 82.4 Å². The topological polar surface area (TPSA) is 29.1 Å². The number of Topliss-reactive ketones (excluding diaryl/α,β-unsaturated/α-hetero) is 1. The zero-order chi connectivity index (χ0) is 25.2. The van der Waals surface area contributed by atoms with E-state index in [1.807, 2.05) is 26.0 Å². The molecule has 0 aliphatic carbocycles. The number of aryl methyl sites for hydroxylation is 1. The van der Waals surface area contributed by atoms with Crippen molar-refractivity contribution < 1.29 is 4.79 Å². The first-order valence-corrected chi connectivity index (χ1v) is 11.8. The maximum Gasteiger partial charge on any atom is 0.159 e. The summed E-state index contributed by atoms with van der Waals surface area (Å²) in [6.45, 7) is 30.8. The molecule has 0 amide bonds. The number of allylic oxidation sites excluding steroid dienone is 7. The third-order valence-corrected chi connectivity index (χ3v) is 5.30. The Morgan fingerprint density at radius 3 is 1.88 bits per heavy atom. The van der Waals surface area contributed by atoms with Gasteiger partial charge in [0.25, 0.3) is 0 Å². The van der Waals surface area contributed by atoms with Crippen LogP contribution in [0.2, 0.25) is 0 Å². The highest BCUT2D eigenvalue weighted by Crippen LogP contribution is 2.45. The first-order valence-electron chi connectivity index (χ1n) is 11.8. The molecule has 0 saturated carbocycles. The molecule has 176 valence electrons. The zero-order valence-electron chi connectivity index (χ0n) is 22.4. The third-order valence-electron chi connectivity index (χ3n) is 5.30. The third kappa shape index (κ3) is 6.95. The Hall–Kier alpha value is -2.61. The summed E-state index contributed by atoms with van der Waals surface area (Å²) in [6, 6.07) is 6.00.